The van der Waals surface area contributed by atoms with E-state index in [1.54, 1.807) is 25.2 Å². The van der Waals surface area contributed by atoms with E-state index in [4.69, 9.17) is 16.3 Å². The Morgan fingerprint density at radius 3 is 2.81 bits per heavy atom. The normalized spacial score (nSPS) is 10.4. The summed E-state index contributed by atoms with van der Waals surface area (Å²) in [6, 6.07) is 8.26. The summed E-state index contributed by atoms with van der Waals surface area (Å²) in [6.45, 7) is 0.477. The number of nitrogens with zero attached hydrogens (tertiary/aromatic N) is 1. The Bertz CT molecular complexity index is 679. The zero-order valence-electron chi connectivity index (χ0n) is 11.1. The molecule has 2 aromatic carbocycles. The fourth-order valence-electron chi connectivity index (χ4n) is 1.83. The lowest BCUT2D eigenvalue weighted by molar-refractivity contribution is -0.385. The molecular weight excluding hydrogens is 299 g/mol. The first kappa shape index (κ1) is 15.2. The molecule has 0 aromatic heterocycles. The minimum atomic E-state index is -0.705. The second kappa shape index (κ2) is 6.51. The van der Waals surface area contributed by atoms with Crippen molar-refractivity contribution in [2.45, 2.75) is 6.54 Å². The first-order chi connectivity index (χ1) is 10.0. The zero-order chi connectivity index (χ0) is 15.4. The highest BCUT2D eigenvalue weighted by Gasteiger charge is 2.19. The molecule has 0 aliphatic carbocycles. The standard InChI is InChI=1S/C14H12ClFN2O3/c1-17-8-9-3-2-4-11(15)14(9)21-13-6-5-10(16)7-12(13)18(19)20/h2-7,17H,8H2,1H3. The number of ether oxygens (including phenoxy) is 1. The largest absolute Gasteiger partial charge is 0.448 e. The predicted octanol–water partition coefficient (Wildman–Crippen LogP) is 3.90. The molecule has 0 saturated carbocycles. The van der Waals surface area contributed by atoms with Crippen LogP contribution in [0.5, 0.6) is 11.5 Å². The van der Waals surface area contributed by atoms with Crippen molar-refractivity contribution in [2.24, 2.45) is 0 Å². The third-order valence-electron chi connectivity index (χ3n) is 2.75. The summed E-state index contributed by atoms with van der Waals surface area (Å²) < 4.78 is 18.7. The highest BCUT2D eigenvalue weighted by Crippen LogP contribution is 2.37. The van der Waals surface area contributed by atoms with Crippen LogP contribution in [0.1, 0.15) is 5.56 Å². The average Bonchev–Trinajstić information content (AvgIpc) is 2.44. The zero-order valence-corrected chi connectivity index (χ0v) is 11.9. The number of halogens is 2. The summed E-state index contributed by atoms with van der Waals surface area (Å²) in [7, 11) is 1.75. The third-order valence-corrected chi connectivity index (χ3v) is 3.04. The molecule has 0 radical (unpaired) electrons. The van der Waals surface area contributed by atoms with E-state index in [1.165, 1.54) is 6.07 Å². The van der Waals surface area contributed by atoms with Crippen LogP contribution in [-0.2, 0) is 6.54 Å². The Kier molecular flexibility index (Phi) is 4.72. The molecule has 5 nitrogen and oxygen atoms in total. The maximum absolute atomic E-state index is 13.1. The van der Waals surface area contributed by atoms with Gasteiger partial charge in [-0.15, -0.1) is 0 Å². The lowest BCUT2D eigenvalue weighted by Crippen LogP contribution is -2.07. The second-order valence-corrected chi connectivity index (χ2v) is 4.64. The van der Waals surface area contributed by atoms with E-state index in [0.717, 1.165) is 17.7 Å². The Labute approximate surface area is 125 Å². The summed E-state index contributed by atoms with van der Waals surface area (Å²) in [5, 5.41) is 14.2. The van der Waals surface area contributed by atoms with Crippen LogP contribution in [0, 0.1) is 15.9 Å². The van der Waals surface area contributed by atoms with Crippen LogP contribution in [0.25, 0.3) is 0 Å². The SMILES string of the molecule is CNCc1cccc(Cl)c1Oc1ccc(F)cc1[N+](=O)[O-]. The molecule has 0 saturated heterocycles. The molecule has 7 heteroatoms. The maximum atomic E-state index is 13.1. The van der Waals surface area contributed by atoms with Crippen LogP contribution in [0.3, 0.4) is 0 Å². The van der Waals surface area contributed by atoms with Crippen molar-refractivity contribution in [3.63, 3.8) is 0 Å². The van der Waals surface area contributed by atoms with Gasteiger partial charge in [-0.25, -0.2) is 4.39 Å². The Morgan fingerprint density at radius 1 is 1.38 bits per heavy atom. The molecule has 2 rings (SSSR count). The molecule has 0 amide bonds. The molecule has 110 valence electrons. The van der Waals surface area contributed by atoms with Gasteiger partial charge in [0.15, 0.2) is 5.75 Å². The Balaban J connectivity index is 2.45. The number of rotatable bonds is 5. The number of hydrogen-bond donors (Lipinski definition) is 1. The maximum Gasteiger partial charge on any atom is 0.314 e. The Hall–Kier alpha value is -2.18. The molecule has 0 atom stereocenters. The molecule has 0 fully saturated rings. The third kappa shape index (κ3) is 3.48. The van der Waals surface area contributed by atoms with Gasteiger partial charge in [-0.2, -0.15) is 0 Å². The van der Waals surface area contributed by atoms with Gasteiger partial charge < -0.3 is 10.1 Å². The molecular formula is C14H12ClFN2O3. The highest BCUT2D eigenvalue weighted by atomic mass is 35.5. The van der Waals surface area contributed by atoms with Gasteiger partial charge in [0, 0.05) is 12.1 Å². The minimum Gasteiger partial charge on any atom is -0.448 e. The van der Waals surface area contributed by atoms with Crippen molar-refractivity contribution in [1.29, 1.82) is 0 Å². The molecule has 0 heterocycles. The summed E-state index contributed by atoms with van der Waals surface area (Å²) in [6.07, 6.45) is 0. The number of hydrogen-bond acceptors (Lipinski definition) is 4. The van der Waals surface area contributed by atoms with Crippen molar-refractivity contribution in [2.75, 3.05) is 7.05 Å². The highest BCUT2D eigenvalue weighted by molar-refractivity contribution is 6.32. The number of nitro groups is 1. The topological polar surface area (TPSA) is 64.4 Å². The van der Waals surface area contributed by atoms with E-state index < -0.39 is 16.4 Å². The molecule has 0 aliphatic rings. The molecule has 0 unspecified atom stereocenters. The minimum absolute atomic E-state index is 0.0631. The van der Waals surface area contributed by atoms with Crippen LogP contribution in [0.15, 0.2) is 36.4 Å². The predicted molar refractivity (Wildman–Crippen MR) is 77.3 cm³/mol. The van der Waals surface area contributed by atoms with Crippen molar-refractivity contribution < 1.29 is 14.1 Å². The van der Waals surface area contributed by atoms with Crippen molar-refractivity contribution in [1.82, 2.24) is 5.32 Å². The fraction of sp³-hybridized carbons (Fsp3) is 0.143. The van der Waals surface area contributed by atoms with Gasteiger partial charge >= 0.3 is 5.69 Å². The number of nitro benzene ring substituents is 1. The molecule has 0 spiro atoms. The van der Waals surface area contributed by atoms with Crippen LogP contribution in [0.2, 0.25) is 5.02 Å². The van der Waals surface area contributed by atoms with Crippen LogP contribution >= 0.6 is 11.6 Å². The van der Waals surface area contributed by atoms with E-state index in [9.17, 15) is 14.5 Å². The molecule has 21 heavy (non-hydrogen) atoms. The van der Waals surface area contributed by atoms with E-state index in [0.29, 0.717) is 17.3 Å². The summed E-state index contributed by atoms with van der Waals surface area (Å²) in [5.41, 5.74) is 0.286. The van der Waals surface area contributed by atoms with Gasteiger partial charge in [-0.1, -0.05) is 23.7 Å². The lowest BCUT2D eigenvalue weighted by atomic mass is 10.2. The van der Waals surface area contributed by atoms with Gasteiger partial charge in [0.1, 0.15) is 5.82 Å². The summed E-state index contributed by atoms with van der Waals surface area (Å²) in [4.78, 5) is 10.3. The first-order valence-corrected chi connectivity index (χ1v) is 6.44. The van der Waals surface area contributed by atoms with E-state index >= 15 is 0 Å². The van der Waals surface area contributed by atoms with E-state index in [1.807, 2.05) is 0 Å². The Morgan fingerprint density at radius 2 is 2.14 bits per heavy atom. The number of benzene rings is 2. The summed E-state index contributed by atoms with van der Waals surface area (Å²) in [5.74, 6) is -0.460. The number of nitrogens with one attached hydrogen (secondary N) is 1. The van der Waals surface area contributed by atoms with E-state index in [2.05, 4.69) is 5.32 Å². The van der Waals surface area contributed by atoms with Crippen LogP contribution < -0.4 is 10.1 Å². The molecule has 0 aliphatic heterocycles. The first-order valence-electron chi connectivity index (χ1n) is 6.06. The fourth-order valence-corrected chi connectivity index (χ4v) is 2.06. The van der Waals surface area contributed by atoms with Crippen LogP contribution in [-0.4, -0.2) is 12.0 Å². The molecule has 1 N–H and O–H groups in total. The van der Waals surface area contributed by atoms with E-state index in [-0.39, 0.29) is 5.75 Å². The van der Waals surface area contributed by atoms with Crippen molar-refractivity contribution in [3.05, 3.63) is 62.9 Å². The van der Waals surface area contributed by atoms with Gasteiger partial charge in [-0.3, -0.25) is 10.1 Å². The average molecular weight is 311 g/mol. The smallest absolute Gasteiger partial charge is 0.314 e. The van der Waals surface area contributed by atoms with Gasteiger partial charge in [0.25, 0.3) is 0 Å². The molecule has 0 bridgehead atoms. The van der Waals surface area contributed by atoms with Gasteiger partial charge in [0.05, 0.1) is 16.0 Å². The molecule has 2 aromatic rings. The van der Waals surface area contributed by atoms with Crippen molar-refractivity contribution in [3.8, 4) is 11.5 Å². The van der Waals surface area contributed by atoms with Crippen LogP contribution in [0.4, 0.5) is 10.1 Å². The van der Waals surface area contributed by atoms with Gasteiger partial charge in [-0.05, 0) is 25.2 Å². The number of para-hydroxylation sites is 1. The quantitative estimate of drug-likeness (QED) is 0.672. The van der Waals surface area contributed by atoms with Crippen molar-refractivity contribution >= 4 is 17.3 Å². The lowest BCUT2D eigenvalue weighted by Gasteiger charge is -2.12. The monoisotopic (exact) mass is 310 g/mol. The van der Waals surface area contributed by atoms with Gasteiger partial charge in [0.2, 0.25) is 5.75 Å². The second-order valence-electron chi connectivity index (χ2n) is 4.23. The summed E-state index contributed by atoms with van der Waals surface area (Å²) >= 11 is 6.08.